The van der Waals surface area contributed by atoms with Gasteiger partial charge in [0.2, 0.25) is 35.7 Å². The fraction of sp³-hybridized carbons (Fsp3) is 0.158. The van der Waals surface area contributed by atoms with E-state index in [0.717, 1.165) is 48.6 Å². The lowest BCUT2D eigenvalue weighted by Gasteiger charge is -2.14. The van der Waals surface area contributed by atoms with E-state index >= 15 is 0 Å². The van der Waals surface area contributed by atoms with Crippen molar-refractivity contribution in [1.82, 2.24) is 29.9 Å². The van der Waals surface area contributed by atoms with Gasteiger partial charge < -0.3 is 42.1 Å². The molecule has 0 spiro atoms. The quantitative estimate of drug-likeness (QED) is 0.0382. The number of hydrogen-bond acceptors (Lipinski definition) is 22. The molecule has 68 heavy (non-hydrogen) atoms. The van der Waals surface area contributed by atoms with Crippen molar-refractivity contribution in [2.24, 2.45) is 0 Å². The predicted molar refractivity (Wildman–Crippen MR) is 247 cm³/mol. The fourth-order valence-electron chi connectivity index (χ4n) is 5.72. The number of aromatic nitrogens is 6. The van der Waals surface area contributed by atoms with Crippen LogP contribution in [0.25, 0.3) is 12.2 Å². The topological polar surface area (TPSA) is 407 Å². The summed E-state index contributed by atoms with van der Waals surface area (Å²) in [4.78, 5) is 23.1. The lowest BCUT2D eigenvalue weighted by Crippen LogP contribution is -2.18. The van der Waals surface area contributed by atoms with E-state index in [-0.39, 0.29) is 82.7 Å². The van der Waals surface area contributed by atoms with E-state index in [1.807, 2.05) is 0 Å². The summed E-state index contributed by atoms with van der Waals surface area (Å²) in [6, 6.07) is 17.3. The molecule has 0 aliphatic rings. The molecule has 6 aromatic rings. The van der Waals surface area contributed by atoms with Gasteiger partial charge in [0.1, 0.15) is 9.79 Å². The van der Waals surface area contributed by atoms with Gasteiger partial charge in [-0.2, -0.15) is 63.6 Å². The molecule has 2 atom stereocenters. The Morgan fingerprint density at radius 3 is 1.04 bits per heavy atom. The predicted octanol–water partition coefficient (Wildman–Crippen LogP) is 3.77. The molecule has 0 bridgehead atoms. The molecular weight excluding hydrogens is 977 g/mol. The van der Waals surface area contributed by atoms with Crippen molar-refractivity contribution in [3.8, 4) is 0 Å². The van der Waals surface area contributed by atoms with E-state index in [1.54, 1.807) is 0 Å². The summed E-state index contributed by atoms with van der Waals surface area (Å²) in [6.07, 6.45) is 0.604. The van der Waals surface area contributed by atoms with E-state index < -0.39 is 72.3 Å². The minimum atomic E-state index is -4.99. The van der Waals surface area contributed by atoms with E-state index in [4.69, 9.17) is 0 Å². The minimum absolute atomic E-state index is 0.00312. The molecule has 0 saturated heterocycles. The maximum atomic E-state index is 12.7. The van der Waals surface area contributed by atoms with Crippen LogP contribution >= 0.6 is 0 Å². The number of anilines is 10. The van der Waals surface area contributed by atoms with Gasteiger partial charge in [0.05, 0.1) is 22.0 Å². The van der Waals surface area contributed by atoms with Crippen molar-refractivity contribution in [1.29, 1.82) is 0 Å². The third-order valence-electron chi connectivity index (χ3n) is 8.70. The second-order valence-electron chi connectivity index (χ2n) is 14.4. The van der Waals surface area contributed by atoms with Crippen LogP contribution in [-0.4, -0.2) is 117 Å². The molecule has 4 aromatic carbocycles. The Morgan fingerprint density at radius 1 is 0.441 bits per heavy atom. The highest BCUT2D eigenvalue weighted by Gasteiger charge is 2.20. The number of benzene rings is 4. The largest absolute Gasteiger partial charge is 0.392 e. The Labute approximate surface area is 388 Å². The standard InChI is InChI=1S/C38H40N12O14S4/c1-21(51)19-39-33-45-35(41-25-5-3-7-29(15-25)65(53,54)55)49-37(47-33)43-27-13-11-23(31(17-27)67(59,60)61)9-10-24-12-14-28(18-32(24)68(62,63)64)44-38-48-34(40-20-22(2)52)46-36(50-38)42-26-6-4-8-30(16-26)66(56,57)58/h3-18,21-22,51-52H,19-20H2,1-2H3,(H,53,54,55)(H,56,57,58)(H,59,60,61)(H,62,63,64)(H3,39,41,43,45,47,49)(H3,40,42,44,46,48,50). The zero-order chi connectivity index (χ0) is 49.6. The Kier molecular flexibility index (Phi) is 15.2. The molecule has 0 amide bonds. The SMILES string of the molecule is CC(O)CNc1nc(Nc2cccc(S(=O)(=O)O)c2)nc(Nc2ccc(C=Cc3ccc(Nc4nc(NCC(C)O)nc(Nc5cccc(S(=O)(=O)O)c5)n4)cc3S(=O)(=O)O)c(S(=O)(=O)O)c2)n1. The van der Waals surface area contributed by atoms with Crippen LogP contribution < -0.4 is 31.9 Å². The number of aliphatic hydroxyl groups is 2. The van der Waals surface area contributed by atoms with Gasteiger partial charge in [0, 0.05) is 35.8 Å². The monoisotopic (exact) mass is 1020 g/mol. The van der Waals surface area contributed by atoms with Crippen molar-refractivity contribution >= 4 is 111 Å². The number of nitrogens with zero attached hydrogens (tertiary/aromatic N) is 6. The van der Waals surface area contributed by atoms with Gasteiger partial charge in [-0.15, -0.1) is 0 Å². The number of hydrogen-bond donors (Lipinski definition) is 12. The lowest BCUT2D eigenvalue weighted by atomic mass is 10.1. The molecule has 2 aromatic heterocycles. The maximum absolute atomic E-state index is 12.7. The fourth-order valence-corrected chi connectivity index (χ4v) is 8.20. The molecule has 12 N–H and O–H groups in total. The van der Waals surface area contributed by atoms with Gasteiger partial charge in [-0.05, 0) is 85.6 Å². The van der Waals surface area contributed by atoms with Gasteiger partial charge >= 0.3 is 0 Å². The second kappa shape index (κ2) is 20.5. The van der Waals surface area contributed by atoms with Gasteiger partial charge in [-0.25, -0.2) is 0 Å². The molecule has 0 saturated carbocycles. The van der Waals surface area contributed by atoms with Crippen molar-refractivity contribution in [3.05, 3.63) is 96.1 Å². The normalized spacial score (nSPS) is 13.1. The van der Waals surface area contributed by atoms with Gasteiger partial charge in [0.25, 0.3) is 40.5 Å². The third-order valence-corrected chi connectivity index (χ3v) is 12.2. The van der Waals surface area contributed by atoms with E-state index in [0.29, 0.717) is 0 Å². The number of rotatable bonds is 20. The summed E-state index contributed by atoms with van der Waals surface area (Å²) < 4.78 is 137. The van der Waals surface area contributed by atoms with Crippen LogP contribution in [0.4, 0.5) is 58.4 Å². The highest BCUT2D eigenvalue weighted by atomic mass is 32.2. The molecule has 26 nitrogen and oxygen atoms in total. The molecular formula is C38H40N12O14S4. The molecule has 0 aliphatic carbocycles. The first-order valence-corrected chi connectivity index (χ1v) is 25.0. The Hall–Kier alpha value is -7.00. The summed E-state index contributed by atoms with van der Waals surface area (Å²) in [5, 5.41) is 36.3. The molecule has 2 unspecified atom stereocenters. The van der Waals surface area contributed by atoms with Crippen LogP contribution in [0.2, 0.25) is 0 Å². The zero-order valence-corrected chi connectivity index (χ0v) is 38.3. The molecule has 0 radical (unpaired) electrons. The van der Waals surface area contributed by atoms with Crippen LogP contribution in [0.15, 0.2) is 105 Å². The van der Waals surface area contributed by atoms with E-state index in [9.17, 15) is 62.1 Å². The summed E-state index contributed by atoms with van der Waals surface area (Å²) in [7, 11) is -19.1. The molecule has 360 valence electrons. The number of nitrogens with one attached hydrogen (secondary N) is 6. The first kappa shape index (κ1) is 50.4. The van der Waals surface area contributed by atoms with Gasteiger partial charge in [0.15, 0.2) is 0 Å². The van der Waals surface area contributed by atoms with E-state index in [2.05, 4.69) is 61.8 Å². The Bertz CT molecular complexity index is 3130. The Morgan fingerprint density at radius 2 is 0.750 bits per heavy atom. The summed E-state index contributed by atoms with van der Waals surface area (Å²) >= 11 is 0. The zero-order valence-electron chi connectivity index (χ0n) is 35.1. The van der Waals surface area contributed by atoms with Crippen LogP contribution in [0, 0.1) is 0 Å². The smallest absolute Gasteiger partial charge is 0.295 e. The molecule has 6 rings (SSSR count). The first-order valence-electron chi connectivity index (χ1n) is 19.3. The van der Waals surface area contributed by atoms with Gasteiger partial charge in [-0.1, -0.05) is 36.4 Å². The molecule has 0 aliphatic heterocycles. The van der Waals surface area contributed by atoms with Crippen molar-refractivity contribution in [2.75, 3.05) is 45.0 Å². The van der Waals surface area contributed by atoms with Crippen LogP contribution in [0.5, 0.6) is 0 Å². The van der Waals surface area contributed by atoms with Crippen LogP contribution in [0.3, 0.4) is 0 Å². The summed E-state index contributed by atoms with van der Waals surface area (Å²) in [5.74, 6) is -0.927. The summed E-state index contributed by atoms with van der Waals surface area (Å²) in [5.41, 5.74) is -0.0192. The van der Waals surface area contributed by atoms with Crippen molar-refractivity contribution in [2.45, 2.75) is 45.6 Å². The first-order chi connectivity index (χ1) is 31.8. The summed E-state index contributed by atoms with van der Waals surface area (Å²) in [6.45, 7) is 2.95. The molecule has 0 fully saturated rings. The average Bonchev–Trinajstić information content (AvgIpc) is 3.23. The lowest BCUT2D eigenvalue weighted by molar-refractivity contribution is 0.207. The third kappa shape index (κ3) is 14.3. The van der Waals surface area contributed by atoms with E-state index in [1.165, 1.54) is 62.4 Å². The molecule has 2 heterocycles. The molecule has 30 heteroatoms. The highest BCUT2D eigenvalue weighted by molar-refractivity contribution is 7.86. The Balaban J connectivity index is 1.29. The van der Waals surface area contributed by atoms with Crippen molar-refractivity contribution in [3.63, 3.8) is 0 Å². The average molecular weight is 1020 g/mol. The van der Waals surface area contributed by atoms with Crippen molar-refractivity contribution < 1.29 is 62.1 Å². The highest BCUT2D eigenvalue weighted by Crippen LogP contribution is 2.29. The van der Waals surface area contributed by atoms with Crippen LogP contribution in [-0.2, 0) is 40.5 Å². The maximum Gasteiger partial charge on any atom is 0.295 e. The number of aliphatic hydroxyl groups excluding tert-OH is 2. The van der Waals surface area contributed by atoms with Crippen LogP contribution in [0.1, 0.15) is 25.0 Å². The second-order valence-corrected chi connectivity index (χ2v) is 20.0. The van der Waals surface area contributed by atoms with Gasteiger partial charge in [-0.3, -0.25) is 18.2 Å². The minimum Gasteiger partial charge on any atom is -0.392 e.